The molecule has 0 spiro atoms. The van der Waals surface area contributed by atoms with Gasteiger partial charge in [-0.2, -0.15) is 0 Å². The van der Waals surface area contributed by atoms with Crippen LogP contribution in [0.2, 0.25) is 0 Å². The number of nitrogens with two attached hydrogens (primary N) is 1. The SMILES string of the molecule is NC(=NO)c1cnc(Oc2ccccc2[N+](=O)[O-])cn1. The van der Waals surface area contributed by atoms with Gasteiger partial charge in [0.1, 0.15) is 5.69 Å². The van der Waals surface area contributed by atoms with Crippen molar-refractivity contribution in [2.24, 2.45) is 10.9 Å². The van der Waals surface area contributed by atoms with Crippen LogP contribution in [0.1, 0.15) is 5.69 Å². The average Bonchev–Trinajstić information content (AvgIpc) is 2.47. The number of hydrogen-bond donors (Lipinski definition) is 2. The largest absolute Gasteiger partial charge is 0.430 e. The summed E-state index contributed by atoms with van der Waals surface area (Å²) in [5, 5.41) is 22.1. The molecule has 0 aliphatic heterocycles. The molecule has 0 bridgehead atoms. The van der Waals surface area contributed by atoms with Gasteiger partial charge in [-0.25, -0.2) is 9.97 Å². The number of oxime groups is 1. The molecule has 0 fully saturated rings. The molecule has 102 valence electrons. The standard InChI is InChI=1S/C11H9N5O4/c12-11(15-17)7-5-14-10(6-13-7)20-9-4-2-1-3-8(9)16(18)19/h1-6,17H,(H2,12,15). The van der Waals surface area contributed by atoms with E-state index in [1.807, 2.05) is 0 Å². The molecule has 2 rings (SSSR count). The van der Waals surface area contributed by atoms with Crippen LogP contribution in [0.5, 0.6) is 11.6 Å². The topological polar surface area (TPSA) is 137 Å². The van der Waals surface area contributed by atoms with Crippen molar-refractivity contribution >= 4 is 11.5 Å². The van der Waals surface area contributed by atoms with Crippen molar-refractivity contribution in [3.8, 4) is 11.6 Å². The van der Waals surface area contributed by atoms with Crippen LogP contribution in [0, 0.1) is 10.1 Å². The molecule has 0 saturated carbocycles. The Labute approximate surface area is 112 Å². The molecule has 9 heteroatoms. The Balaban J connectivity index is 2.25. The minimum Gasteiger partial charge on any atom is -0.430 e. The number of nitro benzene ring substituents is 1. The van der Waals surface area contributed by atoms with Crippen LogP contribution in [0.4, 0.5) is 5.69 Å². The van der Waals surface area contributed by atoms with Crippen LogP contribution >= 0.6 is 0 Å². The Kier molecular flexibility index (Phi) is 3.70. The zero-order valence-corrected chi connectivity index (χ0v) is 10.0. The zero-order chi connectivity index (χ0) is 14.5. The van der Waals surface area contributed by atoms with E-state index in [1.165, 1.54) is 30.6 Å². The third-order valence-electron chi connectivity index (χ3n) is 2.27. The van der Waals surface area contributed by atoms with Crippen LogP contribution in [0.25, 0.3) is 0 Å². The molecule has 0 aliphatic carbocycles. The molecule has 9 nitrogen and oxygen atoms in total. The highest BCUT2D eigenvalue weighted by molar-refractivity contribution is 5.94. The van der Waals surface area contributed by atoms with E-state index in [2.05, 4.69) is 15.1 Å². The first-order valence-electron chi connectivity index (χ1n) is 5.33. The van der Waals surface area contributed by atoms with E-state index in [9.17, 15) is 10.1 Å². The summed E-state index contributed by atoms with van der Waals surface area (Å²) in [5.41, 5.74) is 5.30. The van der Waals surface area contributed by atoms with Crippen molar-refractivity contribution in [2.45, 2.75) is 0 Å². The second kappa shape index (κ2) is 5.61. The highest BCUT2D eigenvalue weighted by atomic mass is 16.6. The summed E-state index contributed by atoms with van der Waals surface area (Å²) in [5.74, 6) is -0.105. The van der Waals surface area contributed by atoms with E-state index in [0.717, 1.165) is 0 Å². The van der Waals surface area contributed by atoms with Gasteiger partial charge in [-0.3, -0.25) is 10.1 Å². The number of ether oxygens (including phenoxy) is 1. The number of amidine groups is 1. The van der Waals surface area contributed by atoms with Gasteiger partial charge >= 0.3 is 5.69 Å². The summed E-state index contributed by atoms with van der Waals surface area (Å²) in [6.07, 6.45) is 2.43. The maximum atomic E-state index is 10.8. The summed E-state index contributed by atoms with van der Waals surface area (Å²) in [7, 11) is 0. The Morgan fingerprint density at radius 1 is 1.35 bits per heavy atom. The fourth-order valence-electron chi connectivity index (χ4n) is 1.36. The van der Waals surface area contributed by atoms with Crippen molar-refractivity contribution < 1.29 is 14.9 Å². The summed E-state index contributed by atoms with van der Waals surface area (Å²) in [6.45, 7) is 0. The fraction of sp³-hybridized carbons (Fsp3) is 0. The van der Waals surface area contributed by atoms with Gasteiger partial charge in [-0.05, 0) is 6.07 Å². The number of nitrogens with zero attached hydrogens (tertiary/aromatic N) is 4. The lowest BCUT2D eigenvalue weighted by molar-refractivity contribution is -0.385. The van der Waals surface area contributed by atoms with Gasteiger partial charge in [0.2, 0.25) is 11.6 Å². The maximum Gasteiger partial charge on any atom is 0.311 e. The lowest BCUT2D eigenvalue weighted by atomic mass is 10.3. The first-order chi connectivity index (χ1) is 9.61. The smallest absolute Gasteiger partial charge is 0.311 e. The van der Waals surface area contributed by atoms with Crippen LogP contribution in [0.15, 0.2) is 41.8 Å². The molecule has 2 aromatic rings. The van der Waals surface area contributed by atoms with E-state index in [0.29, 0.717) is 0 Å². The van der Waals surface area contributed by atoms with Gasteiger partial charge in [-0.1, -0.05) is 17.3 Å². The molecule has 1 heterocycles. The van der Waals surface area contributed by atoms with E-state index in [-0.39, 0.29) is 28.8 Å². The molecule has 0 aliphatic rings. The zero-order valence-electron chi connectivity index (χ0n) is 10.0. The van der Waals surface area contributed by atoms with Gasteiger partial charge in [0.05, 0.1) is 17.3 Å². The third-order valence-corrected chi connectivity index (χ3v) is 2.27. The van der Waals surface area contributed by atoms with E-state index in [4.69, 9.17) is 15.7 Å². The van der Waals surface area contributed by atoms with Gasteiger partial charge in [0, 0.05) is 6.07 Å². The molecule has 0 unspecified atom stereocenters. The highest BCUT2D eigenvalue weighted by Crippen LogP contribution is 2.29. The van der Waals surface area contributed by atoms with Crippen molar-refractivity contribution in [3.05, 3.63) is 52.5 Å². The van der Waals surface area contributed by atoms with E-state index >= 15 is 0 Å². The number of aromatic nitrogens is 2. The monoisotopic (exact) mass is 275 g/mol. The van der Waals surface area contributed by atoms with Crippen LogP contribution in [-0.4, -0.2) is 25.9 Å². The number of rotatable bonds is 4. The summed E-state index contributed by atoms with van der Waals surface area (Å²) in [6, 6.07) is 5.88. The molecule has 0 radical (unpaired) electrons. The predicted molar refractivity (Wildman–Crippen MR) is 67.7 cm³/mol. The van der Waals surface area contributed by atoms with E-state index in [1.54, 1.807) is 6.07 Å². The molecule has 0 saturated heterocycles. The van der Waals surface area contributed by atoms with Crippen molar-refractivity contribution in [3.63, 3.8) is 0 Å². The van der Waals surface area contributed by atoms with Gasteiger partial charge < -0.3 is 15.7 Å². The number of benzene rings is 1. The Bertz CT molecular complexity index is 656. The molecule has 0 atom stereocenters. The van der Waals surface area contributed by atoms with Crippen molar-refractivity contribution in [1.29, 1.82) is 0 Å². The maximum absolute atomic E-state index is 10.8. The second-order valence-electron chi connectivity index (χ2n) is 3.55. The summed E-state index contributed by atoms with van der Waals surface area (Å²) in [4.78, 5) is 18.0. The normalized spacial score (nSPS) is 11.1. The third kappa shape index (κ3) is 2.77. The fourth-order valence-corrected chi connectivity index (χ4v) is 1.36. The average molecular weight is 275 g/mol. The molecule has 3 N–H and O–H groups in total. The molecule has 1 aromatic carbocycles. The quantitative estimate of drug-likeness (QED) is 0.282. The summed E-state index contributed by atoms with van der Waals surface area (Å²) < 4.78 is 5.28. The Hall–Kier alpha value is -3.23. The molecule has 1 aromatic heterocycles. The van der Waals surface area contributed by atoms with Gasteiger partial charge in [0.15, 0.2) is 5.84 Å². The van der Waals surface area contributed by atoms with Crippen LogP contribution in [0.3, 0.4) is 0 Å². The van der Waals surface area contributed by atoms with Crippen LogP contribution < -0.4 is 10.5 Å². The van der Waals surface area contributed by atoms with Crippen molar-refractivity contribution in [1.82, 2.24) is 9.97 Å². The van der Waals surface area contributed by atoms with E-state index < -0.39 is 4.92 Å². The van der Waals surface area contributed by atoms with Gasteiger partial charge in [-0.15, -0.1) is 0 Å². The highest BCUT2D eigenvalue weighted by Gasteiger charge is 2.15. The van der Waals surface area contributed by atoms with Crippen molar-refractivity contribution in [2.75, 3.05) is 0 Å². The second-order valence-corrected chi connectivity index (χ2v) is 3.55. The molecular formula is C11H9N5O4. The minimum absolute atomic E-state index is 0.0448. The molecule has 20 heavy (non-hydrogen) atoms. The lowest BCUT2D eigenvalue weighted by Crippen LogP contribution is -2.15. The number of hydrogen-bond acceptors (Lipinski definition) is 7. The predicted octanol–water partition coefficient (Wildman–Crippen LogP) is 1.27. The lowest BCUT2D eigenvalue weighted by Gasteiger charge is -2.05. The number of nitro groups is 1. The van der Waals surface area contributed by atoms with Crippen LogP contribution in [-0.2, 0) is 0 Å². The van der Waals surface area contributed by atoms with Gasteiger partial charge in [0.25, 0.3) is 0 Å². The first-order valence-corrected chi connectivity index (χ1v) is 5.33. The Morgan fingerprint density at radius 3 is 2.70 bits per heavy atom. The number of para-hydroxylation sites is 2. The summed E-state index contributed by atoms with van der Waals surface area (Å²) >= 11 is 0. The molecule has 0 amide bonds. The minimum atomic E-state index is -0.562. The molecular weight excluding hydrogens is 266 g/mol. The first kappa shape index (κ1) is 13.2. The Morgan fingerprint density at radius 2 is 2.10 bits per heavy atom.